The quantitative estimate of drug-likeness (QED) is 0.791. The Hall–Kier alpha value is -2.76. The normalized spacial score (nSPS) is 10.5. The second-order valence-corrected chi connectivity index (χ2v) is 4.28. The zero-order valence-corrected chi connectivity index (χ0v) is 10.7. The largest absolute Gasteiger partial charge is 0.351 e. The lowest BCUT2D eigenvalue weighted by atomic mass is 10.2. The van der Waals surface area contributed by atoms with Crippen molar-refractivity contribution in [1.82, 2.24) is 15.1 Å². The van der Waals surface area contributed by atoms with Crippen LogP contribution in [0.15, 0.2) is 47.6 Å². The number of anilines is 2. The van der Waals surface area contributed by atoms with E-state index in [1.807, 2.05) is 13.0 Å². The maximum absolute atomic E-state index is 13.9. The summed E-state index contributed by atoms with van der Waals surface area (Å²) in [7, 11) is 0. The van der Waals surface area contributed by atoms with E-state index in [0.29, 0.717) is 22.8 Å². The highest BCUT2D eigenvalue weighted by Crippen LogP contribution is 2.28. The van der Waals surface area contributed by atoms with Gasteiger partial charge in [0.25, 0.3) is 0 Å². The van der Waals surface area contributed by atoms with E-state index in [1.165, 1.54) is 12.5 Å². The van der Waals surface area contributed by atoms with Gasteiger partial charge in [-0.05, 0) is 30.7 Å². The van der Waals surface area contributed by atoms with Gasteiger partial charge in [0.1, 0.15) is 5.82 Å². The fraction of sp³-hybridized carbons (Fsp3) is 0.0714. The van der Waals surface area contributed by atoms with Gasteiger partial charge in [-0.1, -0.05) is 11.2 Å². The van der Waals surface area contributed by atoms with Crippen molar-refractivity contribution in [3.63, 3.8) is 0 Å². The van der Waals surface area contributed by atoms with Crippen molar-refractivity contribution >= 4 is 11.4 Å². The maximum atomic E-state index is 13.9. The van der Waals surface area contributed by atoms with Gasteiger partial charge < -0.3 is 9.84 Å². The molecule has 0 spiro atoms. The zero-order chi connectivity index (χ0) is 13.9. The predicted octanol–water partition coefficient (Wildman–Crippen LogP) is 3.32. The minimum absolute atomic E-state index is 0.326. The average molecular weight is 270 g/mol. The van der Waals surface area contributed by atoms with Gasteiger partial charge in [0.2, 0.25) is 12.2 Å². The molecule has 0 aliphatic carbocycles. The van der Waals surface area contributed by atoms with Gasteiger partial charge in [-0.15, -0.1) is 0 Å². The third-order valence-electron chi connectivity index (χ3n) is 2.82. The van der Waals surface area contributed by atoms with Crippen LogP contribution in [0, 0.1) is 12.7 Å². The fourth-order valence-electron chi connectivity index (χ4n) is 1.84. The zero-order valence-electron chi connectivity index (χ0n) is 10.7. The minimum atomic E-state index is -0.326. The van der Waals surface area contributed by atoms with Gasteiger partial charge in [0.05, 0.1) is 17.6 Å². The summed E-state index contributed by atoms with van der Waals surface area (Å²) < 4.78 is 18.6. The first-order valence-corrected chi connectivity index (χ1v) is 5.98. The van der Waals surface area contributed by atoms with Crippen molar-refractivity contribution in [1.29, 1.82) is 0 Å². The number of nitrogens with one attached hydrogen (secondary N) is 1. The molecule has 0 saturated carbocycles. The molecule has 5 nitrogen and oxygen atoms in total. The minimum Gasteiger partial charge on any atom is -0.351 e. The first kappa shape index (κ1) is 12.3. The maximum Gasteiger partial charge on any atom is 0.214 e. The van der Waals surface area contributed by atoms with Crippen molar-refractivity contribution in [3.8, 4) is 11.4 Å². The number of hydrogen-bond acceptors (Lipinski definition) is 5. The third kappa shape index (κ3) is 2.35. The SMILES string of the molecule is Cc1ccc(Nc2cnccc2-c2ncon2)c(F)c1. The van der Waals surface area contributed by atoms with E-state index in [0.717, 1.165) is 5.56 Å². The molecule has 0 bridgehead atoms. The van der Waals surface area contributed by atoms with Crippen LogP contribution in [0.25, 0.3) is 11.4 Å². The number of benzene rings is 1. The van der Waals surface area contributed by atoms with Crippen LogP contribution in [0.3, 0.4) is 0 Å². The van der Waals surface area contributed by atoms with Crippen LogP contribution in [0.2, 0.25) is 0 Å². The summed E-state index contributed by atoms with van der Waals surface area (Å²) in [6.45, 7) is 1.83. The van der Waals surface area contributed by atoms with Crippen LogP contribution in [-0.4, -0.2) is 15.1 Å². The smallest absolute Gasteiger partial charge is 0.214 e. The lowest BCUT2D eigenvalue weighted by Gasteiger charge is -2.10. The number of nitrogens with zero attached hydrogens (tertiary/aromatic N) is 3. The van der Waals surface area contributed by atoms with Crippen LogP contribution < -0.4 is 5.32 Å². The molecule has 100 valence electrons. The summed E-state index contributed by atoms with van der Waals surface area (Å²) in [6.07, 6.45) is 4.44. The van der Waals surface area contributed by atoms with E-state index >= 15 is 0 Å². The van der Waals surface area contributed by atoms with Crippen molar-refractivity contribution < 1.29 is 8.91 Å². The van der Waals surface area contributed by atoms with Gasteiger partial charge in [0, 0.05) is 11.8 Å². The Labute approximate surface area is 114 Å². The van der Waals surface area contributed by atoms with Gasteiger partial charge in [-0.25, -0.2) is 4.39 Å². The van der Waals surface area contributed by atoms with E-state index in [1.54, 1.807) is 24.5 Å². The molecule has 20 heavy (non-hydrogen) atoms. The summed E-state index contributed by atoms with van der Waals surface area (Å²) in [5, 5.41) is 6.77. The number of rotatable bonds is 3. The molecule has 0 aliphatic rings. The number of pyridine rings is 1. The molecule has 6 heteroatoms. The Balaban J connectivity index is 1.99. The van der Waals surface area contributed by atoms with Gasteiger partial charge in [-0.3, -0.25) is 4.98 Å². The van der Waals surface area contributed by atoms with E-state index in [2.05, 4.69) is 20.4 Å². The Bertz CT molecular complexity index is 728. The van der Waals surface area contributed by atoms with Crippen LogP contribution in [0.1, 0.15) is 5.56 Å². The number of hydrogen-bond donors (Lipinski definition) is 1. The lowest BCUT2D eigenvalue weighted by molar-refractivity contribution is 0.419. The highest BCUT2D eigenvalue weighted by Gasteiger charge is 2.11. The standard InChI is InChI=1S/C14H11FN4O/c1-9-2-3-12(11(15)6-9)18-13-7-16-5-4-10(13)14-17-8-20-19-14/h2-8,18H,1H3. The molecular weight excluding hydrogens is 259 g/mol. The van der Waals surface area contributed by atoms with Crippen molar-refractivity contribution in [2.75, 3.05) is 5.32 Å². The first-order chi connectivity index (χ1) is 9.74. The summed E-state index contributed by atoms with van der Waals surface area (Å²) in [6, 6.07) is 6.71. The number of halogens is 1. The molecule has 0 fully saturated rings. The van der Waals surface area contributed by atoms with Crippen LogP contribution >= 0.6 is 0 Å². The first-order valence-electron chi connectivity index (χ1n) is 5.98. The monoisotopic (exact) mass is 270 g/mol. The number of aryl methyl sites for hydroxylation is 1. The fourth-order valence-corrected chi connectivity index (χ4v) is 1.84. The molecule has 0 saturated heterocycles. The second-order valence-electron chi connectivity index (χ2n) is 4.28. The molecule has 0 radical (unpaired) electrons. The summed E-state index contributed by atoms with van der Waals surface area (Å²) >= 11 is 0. The molecule has 1 N–H and O–H groups in total. The van der Waals surface area contributed by atoms with Crippen LogP contribution in [0.4, 0.5) is 15.8 Å². The Morgan fingerprint density at radius 3 is 2.85 bits per heavy atom. The van der Waals surface area contributed by atoms with Crippen LogP contribution in [0.5, 0.6) is 0 Å². The van der Waals surface area contributed by atoms with Crippen molar-refractivity contribution in [2.45, 2.75) is 6.92 Å². The van der Waals surface area contributed by atoms with Crippen molar-refractivity contribution in [2.24, 2.45) is 0 Å². The third-order valence-corrected chi connectivity index (χ3v) is 2.82. The van der Waals surface area contributed by atoms with E-state index in [4.69, 9.17) is 4.52 Å². The summed E-state index contributed by atoms with van der Waals surface area (Å²) in [4.78, 5) is 8.01. The van der Waals surface area contributed by atoms with E-state index in [-0.39, 0.29) is 5.82 Å². The van der Waals surface area contributed by atoms with E-state index in [9.17, 15) is 4.39 Å². The Morgan fingerprint density at radius 2 is 2.10 bits per heavy atom. The molecule has 2 aromatic heterocycles. The lowest BCUT2D eigenvalue weighted by Crippen LogP contribution is -1.97. The topological polar surface area (TPSA) is 63.8 Å². The molecule has 3 aromatic rings. The molecule has 3 rings (SSSR count). The van der Waals surface area contributed by atoms with Gasteiger partial charge >= 0.3 is 0 Å². The van der Waals surface area contributed by atoms with Crippen LogP contribution in [-0.2, 0) is 0 Å². The Morgan fingerprint density at radius 1 is 1.20 bits per heavy atom. The van der Waals surface area contributed by atoms with Gasteiger partial charge in [-0.2, -0.15) is 4.98 Å². The van der Waals surface area contributed by atoms with E-state index < -0.39 is 0 Å². The summed E-state index contributed by atoms with van der Waals surface area (Å²) in [5.74, 6) is 0.0929. The second kappa shape index (κ2) is 5.08. The summed E-state index contributed by atoms with van der Waals surface area (Å²) in [5.41, 5.74) is 2.52. The molecule has 0 aliphatic heterocycles. The van der Waals surface area contributed by atoms with Gasteiger partial charge in [0.15, 0.2) is 0 Å². The highest BCUT2D eigenvalue weighted by atomic mass is 19.1. The molecule has 0 amide bonds. The molecule has 0 atom stereocenters. The number of aromatic nitrogens is 3. The predicted molar refractivity (Wildman–Crippen MR) is 71.9 cm³/mol. The molecular formula is C14H11FN4O. The van der Waals surface area contributed by atoms with Crippen molar-refractivity contribution in [3.05, 3.63) is 54.4 Å². The highest BCUT2D eigenvalue weighted by molar-refractivity contribution is 5.76. The average Bonchev–Trinajstić information content (AvgIpc) is 2.96. The molecule has 1 aromatic carbocycles. The Kier molecular flexibility index (Phi) is 3.12. The molecule has 0 unspecified atom stereocenters. The molecule has 2 heterocycles.